The quantitative estimate of drug-likeness (QED) is 0.549. The van der Waals surface area contributed by atoms with E-state index in [1.807, 2.05) is 37.3 Å². The zero-order valence-electron chi connectivity index (χ0n) is 15.9. The predicted molar refractivity (Wildman–Crippen MR) is 106 cm³/mol. The van der Waals surface area contributed by atoms with Crippen LogP contribution in [0.5, 0.6) is 0 Å². The number of hydrogen-bond donors (Lipinski definition) is 0. The minimum Gasteiger partial charge on any atom is -0.464 e. The van der Waals surface area contributed by atoms with Gasteiger partial charge in [0.05, 0.1) is 5.92 Å². The summed E-state index contributed by atoms with van der Waals surface area (Å²) in [5.41, 5.74) is 2.15. The topological polar surface area (TPSA) is 46.6 Å². The third-order valence-corrected chi connectivity index (χ3v) is 5.16. The van der Waals surface area contributed by atoms with E-state index in [0.717, 1.165) is 25.2 Å². The largest absolute Gasteiger partial charge is 0.464 e. The summed E-state index contributed by atoms with van der Waals surface area (Å²) in [6, 6.07) is 16.4. The van der Waals surface area contributed by atoms with Crippen molar-refractivity contribution in [2.75, 3.05) is 26.2 Å². The van der Waals surface area contributed by atoms with Crippen LogP contribution in [0.15, 0.2) is 54.6 Å². The molecule has 4 nitrogen and oxygen atoms in total. The molecular weight excluding hydrogens is 338 g/mol. The molecule has 0 spiro atoms. The van der Waals surface area contributed by atoms with E-state index < -0.39 is 0 Å². The first-order chi connectivity index (χ1) is 13.1. The maximum absolute atomic E-state index is 12.5. The predicted octanol–water partition coefficient (Wildman–Crippen LogP) is 4.05. The number of rotatable bonds is 7. The molecule has 0 aromatic heterocycles. The third kappa shape index (κ3) is 5.27. The van der Waals surface area contributed by atoms with Crippen LogP contribution < -0.4 is 0 Å². The van der Waals surface area contributed by atoms with Crippen LogP contribution in [0.4, 0.5) is 0 Å². The highest BCUT2D eigenvalue weighted by Gasteiger charge is 2.18. The Hall–Kier alpha value is -2.46. The molecule has 4 heteroatoms. The van der Waals surface area contributed by atoms with Crippen molar-refractivity contribution in [1.82, 2.24) is 4.90 Å². The molecule has 1 saturated heterocycles. The normalized spacial score (nSPS) is 15.9. The summed E-state index contributed by atoms with van der Waals surface area (Å²) in [6.45, 7) is 5.29. The molecule has 1 aliphatic heterocycles. The maximum atomic E-state index is 12.5. The van der Waals surface area contributed by atoms with Crippen molar-refractivity contribution in [3.05, 3.63) is 71.3 Å². The zero-order valence-corrected chi connectivity index (χ0v) is 15.9. The Kier molecular flexibility index (Phi) is 6.77. The molecule has 0 N–H and O–H groups in total. The molecule has 0 saturated carbocycles. The fourth-order valence-corrected chi connectivity index (χ4v) is 3.40. The van der Waals surface area contributed by atoms with Gasteiger partial charge in [0.1, 0.15) is 6.61 Å². The van der Waals surface area contributed by atoms with Gasteiger partial charge in [0.15, 0.2) is 5.78 Å². The molecule has 3 rings (SSSR count). The Morgan fingerprint density at radius 2 is 1.56 bits per heavy atom. The molecule has 1 fully saturated rings. The van der Waals surface area contributed by atoms with E-state index in [0.29, 0.717) is 17.7 Å². The molecule has 1 heterocycles. The highest BCUT2D eigenvalue weighted by Crippen LogP contribution is 2.19. The summed E-state index contributed by atoms with van der Waals surface area (Å²) in [6.07, 6.45) is 3.77. The number of esters is 1. The fraction of sp³-hybridized carbons (Fsp3) is 0.391. The molecule has 0 amide bonds. The fourth-order valence-electron chi connectivity index (χ4n) is 3.40. The molecule has 1 unspecified atom stereocenters. The molecule has 2 aromatic rings. The van der Waals surface area contributed by atoms with Gasteiger partial charge in [-0.2, -0.15) is 0 Å². The first-order valence-corrected chi connectivity index (χ1v) is 9.74. The second-order valence-corrected chi connectivity index (χ2v) is 7.11. The SMILES string of the molecule is CC(C(=O)OCCN1CCCCC1)c1ccc(C(=O)c2ccccc2)cc1. The minimum atomic E-state index is -0.341. The maximum Gasteiger partial charge on any atom is 0.313 e. The van der Waals surface area contributed by atoms with E-state index in [1.165, 1.54) is 19.3 Å². The van der Waals surface area contributed by atoms with Crippen LogP contribution in [-0.4, -0.2) is 42.9 Å². The molecule has 0 bridgehead atoms. The first kappa shape index (κ1) is 19.3. The van der Waals surface area contributed by atoms with Gasteiger partial charge in [0, 0.05) is 17.7 Å². The van der Waals surface area contributed by atoms with Crippen molar-refractivity contribution in [2.45, 2.75) is 32.1 Å². The van der Waals surface area contributed by atoms with Gasteiger partial charge < -0.3 is 4.74 Å². The molecular formula is C23H27NO3. The number of nitrogens with zero attached hydrogens (tertiary/aromatic N) is 1. The van der Waals surface area contributed by atoms with Gasteiger partial charge in [-0.1, -0.05) is 61.0 Å². The van der Waals surface area contributed by atoms with Crippen molar-refractivity contribution in [3.8, 4) is 0 Å². The number of ketones is 1. The molecule has 0 radical (unpaired) electrons. The van der Waals surface area contributed by atoms with Crippen LogP contribution in [0, 0.1) is 0 Å². The van der Waals surface area contributed by atoms with Crippen LogP contribution >= 0.6 is 0 Å². The van der Waals surface area contributed by atoms with Crippen molar-refractivity contribution >= 4 is 11.8 Å². The second kappa shape index (κ2) is 9.47. The standard InChI is InChI=1S/C23H27NO3/c1-18(23(26)27-17-16-24-14-6-3-7-15-24)19-10-12-21(13-11-19)22(25)20-8-4-2-5-9-20/h2,4-5,8-13,18H,3,6-7,14-17H2,1H3. The van der Waals surface area contributed by atoms with E-state index in [9.17, 15) is 9.59 Å². The first-order valence-electron chi connectivity index (χ1n) is 9.74. The van der Waals surface area contributed by atoms with Crippen molar-refractivity contribution in [1.29, 1.82) is 0 Å². The van der Waals surface area contributed by atoms with Gasteiger partial charge in [0.2, 0.25) is 0 Å². The lowest BCUT2D eigenvalue weighted by atomic mass is 9.97. The van der Waals surface area contributed by atoms with Crippen LogP contribution in [0.3, 0.4) is 0 Å². The summed E-state index contributed by atoms with van der Waals surface area (Å²) < 4.78 is 5.46. The lowest BCUT2D eigenvalue weighted by molar-refractivity contribution is -0.145. The molecule has 142 valence electrons. The van der Waals surface area contributed by atoms with Gasteiger partial charge in [-0.15, -0.1) is 0 Å². The highest BCUT2D eigenvalue weighted by atomic mass is 16.5. The summed E-state index contributed by atoms with van der Waals surface area (Å²) in [7, 11) is 0. The Morgan fingerprint density at radius 3 is 2.22 bits per heavy atom. The number of carbonyl (C=O) groups is 2. The van der Waals surface area contributed by atoms with Crippen LogP contribution in [0.2, 0.25) is 0 Å². The molecule has 1 aliphatic rings. The van der Waals surface area contributed by atoms with Gasteiger partial charge in [-0.3, -0.25) is 14.5 Å². The van der Waals surface area contributed by atoms with Gasteiger partial charge >= 0.3 is 5.97 Å². The lowest BCUT2D eigenvalue weighted by Gasteiger charge is -2.26. The third-order valence-electron chi connectivity index (χ3n) is 5.16. The van der Waals surface area contributed by atoms with Crippen LogP contribution in [-0.2, 0) is 9.53 Å². The van der Waals surface area contributed by atoms with Gasteiger partial charge in [-0.05, 0) is 38.4 Å². The number of hydrogen-bond acceptors (Lipinski definition) is 4. The highest BCUT2D eigenvalue weighted by molar-refractivity contribution is 6.08. The molecule has 0 aliphatic carbocycles. The number of benzene rings is 2. The molecule has 27 heavy (non-hydrogen) atoms. The smallest absolute Gasteiger partial charge is 0.313 e. The van der Waals surface area contributed by atoms with Crippen LogP contribution in [0.25, 0.3) is 0 Å². The van der Waals surface area contributed by atoms with Gasteiger partial charge in [-0.25, -0.2) is 0 Å². The summed E-state index contributed by atoms with van der Waals surface area (Å²) in [5.74, 6) is -0.569. The van der Waals surface area contributed by atoms with E-state index in [1.54, 1.807) is 24.3 Å². The Balaban J connectivity index is 1.52. The minimum absolute atomic E-state index is 0.0149. The van der Waals surface area contributed by atoms with E-state index >= 15 is 0 Å². The second-order valence-electron chi connectivity index (χ2n) is 7.11. The summed E-state index contributed by atoms with van der Waals surface area (Å²) >= 11 is 0. The van der Waals surface area contributed by atoms with Gasteiger partial charge in [0.25, 0.3) is 0 Å². The summed E-state index contributed by atoms with van der Waals surface area (Å²) in [5, 5.41) is 0. The number of carbonyl (C=O) groups excluding carboxylic acids is 2. The average Bonchev–Trinajstić information content (AvgIpc) is 2.74. The van der Waals surface area contributed by atoms with E-state index in [-0.39, 0.29) is 17.7 Å². The number of likely N-dealkylation sites (tertiary alicyclic amines) is 1. The summed E-state index contributed by atoms with van der Waals surface area (Å²) in [4.78, 5) is 27.1. The number of piperidine rings is 1. The van der Waals surface area contributed by atoms with E-state index in [2.05, 4.69) is 4.90 Å². The van der Waals surface area contributed by atoms with Crippen LogP contribution in [0.1, 0.15) is 53.6 Å². The molecule has 2 aromatic carbocycles. The number of ether oxygens (including phenoxy) is 1. The Labute approximate surface area is 161 Å². The van der Waals surface area contributed by atoms with Crippen molar-refractivity contribution in [3.63, 3.8) is 0 Å². The van der Waals surface area contributed by atoms with Crippen molar-refractivity contribution < 1.29 is 14.3 Å². The Bertz CT molecular complexity index is 749. The Morgan fingerprint density at radius 1 is 0.926 bits per heavy atom. The average molecular weight is 365 g/mol. The molecule has 1 atom stereocenters. The van der Waals surface area contributed by atoms with E-state index in [4.69, 9.17) is 4.74 Å². The monoisotopic (exact) mass is 365 g/mol. The zero-order chi connectivity index (χ0) is 19.1. The lowest BCUT2D eigenvalue weighted by Crippen LogP contribution is -2.33. The van der Waals surface area contributed by atoms with Crippen molar-refractivity contribution in [2.24, 2.45) is 0 Å².